The summed E-state index contributed by atoms with van der Waals surface area (Å²) in [4.78, 5) is 0. The molecule has 4 rings (SSSR count). The molecule has 2 heterocycles. The fraction of sp³-hybridized carbons (Fsp3) is 0.455. The van der Waals surface area contributed by atoms with Gasteiger partial charge in [-0.05, 0) is 49.9 Å². The molecule has 0 radical (unpaired) electrons. The van der Waals surface area contributed by atoms with Crippen LogP contribution in [0.1, 0.15) is 33.4 Å². The maximum absolute atomic E-state index is 6.14. The fourth-order valence-electron chi connectivity index (χ4n) is 3.64. The third-order valence-electron chi connectivity index (χ3n) is 5.42. The van der Waals surface area contributed by atoms with Gasteiger partial charge in [0.25, 0.3) is 0 Å². The zero-order valence-corrected chi connectivity index (χ0v) is 15.5. The number of rotatable bonds is 6. The number of ether oxygens (including phenoxy) is 3. The Morgan fingerprint density at radius 3 is 1.52 bits per heavy atom. The molecule has 2 fully saturated rings. The van der Waals surface area contributed by atoms with Crippen molar-refractivity contribution in [3.8, 4) is 0 Å². The van der Waals surface area contributed by atoms with Gasteiger partial charge < -0.3 is 14.2 Å². The summed E-state index contributed by atoms with van der Waals surface area (Å²) >= 11 is 0. The summed E-state index contributed by atoms with van der Waals surface area (Å²) in [5.41, 5.74) is 7.01. The second kappa shape index (κ2) is 5.94. The van der Waals surface area contributed by atoms with Crippen molar-refractivity contribution in [2.75, 3.05) is 26.4 Å². The minimum Gasteiger partial charge on any atom is -0.375 e. The van der Waals surface area contributed by atoms with E-state index in [1.807, 2.05) is 0 Å². The van der Waals surface area contributed by atoms with E-state index in [1.54, 1.807) is 0 Å². The Labute approximate surface area is 149 Å². The fourth-order valence-corrected chi connectivity index (χ4v) is 3.64. The first-order chi connectivity index (χ1) is 11.9. The Balaban J connectivity index is 1.46. The van der Waals surface area contributed by atoms with E-state index in [-0.39, 0.29) is 11.2 Å². The monoisotopic (exact) mass is 338 g/mol. The zero-order chi connectivity index (χ0) is 17.7. The molecule has 0 saturated carbocycles. The van der Waals surface area contributed by atoms with Gasteiger partial charge in [0.05, 0.1) is 26.4 Å². The summed E-state index contributed by atoms with van der Waals surface area (Å²) in [7, 11) is 0. The second-order valence-corrected chi connectivity index (χ2v) is 7.70. The molecule has 132 valence electrons. The van der Waals surface area contributed by atoms with Crippen LogP contribution in [0.2, 0.25) is 0 Å². The van der Waals surface area contributed by atoms with Crippen LogP contribution in [-0.2, 0) is 25.4 Å². The van der Waals surface area contributed by atoms with Crippen molar-refractivity contribution in [3.63, 3.8) is 0 Å². The summed E-state index contributed by atoms with van der Waals surface area (Å²) in [5, 5.41) is 0. The quantitative estimate of drug-likeness (QED) is 0.744. The van der Waals surface area contributed by atoms with Crippen LogP contribution in [0.4, 0.5) is 0 Å². The van der Waals surface area contributed by atoms with E-state index in [0.29, 0.717) is 13.2 Å². The topological polar surface area (TPSA) is 34.3 Å². The summed E-state index contributed by atoms with van der Waals surface area (Å²) in [5.74, 6) is 0. The highest BCUT2D eigenvalue weighted by Gasteiger charge is 2.51. The van der Waals surface area contributed by atoms with Crippen molar-refractivity contribution >= 4 is 0 Å². The molecule has 3 nitrogen and oxygen atoms in total. The van der Waals surface area contributed by atoms with Crippen molar-refractivity contribution in [1.82, 2.24) is 0 Å². The van der Waals surface area contributed by atoms with Crippen LogP contribution in [0.5, 0.6) is 0 Å². The predicted octanol–water partition coefficient (Wildman–Crippen LogP) is 4.09. The average molecular weight is 338 g/mol. The molecule has 0 N–H and O–H groups in total. The maximum Gasteiger partial charge on any atom is 0.140 e. The van der Waals surface area contributed by atoms with Crippen LogP contribution in [0.15, 0.2) is 36.4 Å². The minimum absolute atomic E-state index is 0.270. The van der Waals surface area contributed by atoms with Gasteiger partial charge in [0, 0.05) is 0 Å². The van der Waals surface area contributed by atoms with E-state index in [4.69, 9.17) is 14.2 Å². The molecule has 0 amide bonds. The lowest BCUT2D eigenvalue weighted by atomic mass is 9.93. The number of benzene rings is 2. The van der Waals surface area contributed by atoms with Crippen molar-refractivity contribution in [2.24, 2.45) is 0 Å². The van der Waals surface area contributed by atoms with Crippen LogP contribution < -0.4 is 0 Å². The molecule has 2 aliphatic rings. The van der Waals surface area contributed by atoms with Gasteiger partial charge in [-0.1, -0.05) is 47.5 Å². The van der Waals surface area contributed by atoms with Crippen LogP contribution in [-0.4, -0.2) is 26.4 Å². The van der Waals surface area contributed by atoms with Gasteiger partial charge in [0.2, 0.25) is 0 Å². The summed E-state index contributed by atoms with van der Waals surface area (Å²) in [6.45, 7) is 11.1. The molecule has 2 aromatic carbocycles. The molecule has 0 aliphatic carbocycles. The predicted molar refractivity (Wildman–Crippen MR) is 97.9 cm³/mol. The summed E-state index contributed by atoms with van der Waals surface area (Å²) in [6, 6.07) is 13.1. The minimum atomic E-state index is -0.270. The molecule has 2 unspecified atom stereocenters. The van der Waals surface area contributed by atoms with Crippen molar-refractivity contribution in [3.05, 3.63) is 69.8 Å². The number of hydrogen-bond acceptors (Lipinski definition) is 3. The zero-order valence-electron chi connectivity index (χ0n) is 15.5. The van der Waals surface area contributed by atoms with E-state index in [0.717, 1.165) is 13.2 Å². The molecular formula is C22H26O3. The van der Waals surface area contributed by atoms with Gasteiger partial charge in [0.1, 0.15) is 11.2 Å². The second-order valence-electron chi connectivity index (χ2n) is 7.70. The van der Waals surface area contributed by atoms with Crippen molar-refractivity contribution < 1.29 is 14.2 Å². The normalized spacial score (nSPS) is 27.4. The molecule has 3 heteroatoms. The van der Waals surface area contributed by atoms with E-state index >= 15 is 0 Å². The van der Waals surface area contributed by atoms with Crippen molar-refractivity contribution in [1.29, 1.82) is 0 Å². The third-order valence-corrected chi connectivity index (χ3v) is 5.42. The molecule has 25 heavy (non-hydrogen) atoms. The van der Waals surface area contributed by atoms with Gasteiger partial charge >= 0.3 is 0 Å². The number of hydrogen-bond donors (Lipinski definition) is 0. The summed E-state index contributed by atoms with van der Waals surface area (Å²) < 4.78 is 17.8. The molecule has 2 aromatic rings. The highest BCUT2D eigenvalue weighted by molar-refractivity contribution is 5.39. The smallest absolute Gasteiger partial charge is 0.140 e. The van der Waals surface area contributed by atoms with Gasteiger partial charge in [0.15, 0.2) is 0 Å². The first kappa shape index (κ1) is 16.8. The van der Waals surface area contributed by atoms with E-state index in [9.17, 15) is 0 Å². The molecule has 2 saturated heterocycles. The molecular weight excluding hydrogens is 312 g/mol. The van der Waals surface area contributed by atoms with Crippen LogP contribution in [0.3, 0.4) is 0 Å². The number of aryl methyl sites for hydroxylation is 4. The van der Waals surface area contributed by atoms with E-state index in [2.05, 4.69) is 64.1 Å². The first-order valence-electron chi connectivity index (χ1n) is 8.95. The van der Waals surface area contributed by atoms with Gasteiger partial charge in [-0.15, -0.1) is 0 Å². The molecule has 2 aliphatic heterocycles. The van der Waals surface area contributed by atoms with Crippen LogP contribution in [0.25, 0.3) is 0 Å². The van der Waals surface area contributed by atoms with Gasteiger partial charge in [-0.2, -0.15) is 0 Å². The van der Waals surface area contributed by atoms with Gasteiger partial charge in [-0.3, -0.25) is 0 Å². The Bertz CT molecular complexity index is 733. The van der Waals surface area contributed by atoms with Crippen LogP contribution >= 0.6 is 0 Å². The average Bonchev–Trinajstić information content (AvgIpc) is 3.49. The number of epoxide rings is 2. The lowest BCUT2D eigenvalue weighted by Gasteiger charge is -2.19. The SMILES string of the molecule is Cc1ccc(C)c(C2(COCC3(c4cc(C)ccc4C)CO3)CO2)c1. The Morgan fingerprint density at radius 1 is 0.760 bits per heavy atom. The third kappa shape index (κ3) is 3.12. The Kier molecular flexibility index (Phi) is 3.99. The molecule has 2 atom stereocenters. The standard InChI is InChI=1S/C22H26O3/c1-15-5-7-17(3)19(9-15)21(13-24-21)11-23-12-22(14-25-22)20-10-16(2)6-8-18(20)4/h5-10H,11-14H2,1-4H3. The maximum atomic E-state index is 6.14. The molecule has 0 spiro atoms. The van der Waals surface area contributed by atoms with Gasteiger partial charge in [-0.25, -0.2) is 0 Å². The van der Waals surface area contributed by atoms with E-state index < -0.39 is 0 Å². The first-order valence-corrected chi connectivity index (χ1v) is 8.95. The lowest BCUT2D eigenvalue weighted by molar-refractivity contribution is 0.0400. The van der Waals surface area contributed by atoms with Crippen LogP contribution in [0, 0.1) is 27.7 Å². The lowest BCUT2D eigenvalue weighted by Crippen LogP contribution is -2.25. The Morgan fingerprint density at radius 2 is 1.16 bits per heavy atom. The molecule has 0 bridgehead atoms. The Hall–Kier alpha value is -1.68. The highest BCUT2D eigenvalue weighted by Crippen LogP contribution is 2.44. The van der Waals surface area contributed by atoms with Crippen molar-refractivity contribution in [2.45, 2.75) is 38.9 Å². The van der Waals surface area contributed by atoms with E-state index in [1.165, 1.54) is 33.4 Å². The highest BCUT2D eigenvalue weighted by atomic mass is 16.6. The summed E-state index contributed by atoms with van der Waals surface area (Å²) in [6.07, 6.45) is 0. The molecule has 0 aromatic heterocycles. The largest absolute Gasteiger partial charge is 0.375 e.